The lowest BCUT2D eigenvalue weighted by molar-refractivity contribution is -0.161. The molecule has 0 aromatic heterocycles. The highest BCUT2D eigenvalue weighted by molar-refractivity contribution is 7.47. The van der Waals surface area contributed by atoms with Crippen LogP contribution in [0.15, 0.2) is 85.1 Å². The van der Waals surface area contributed by atoms with Crippen LogP contribution in [0, 0.1) is 0 Å². The Morgan fingerprint density at radius 3 is 1.00 bits per heavy atom. The first kappa shape index (κ1) is 80.7. The second-order valence-electron chi connectivity index (χ2n) is 23.0. The average molecular weight is 1200 g/mol. The van der Waals surface area contributed by atoms with E-state index in [9.17, 15) is 28.9 Å². The van der Waals surface area contributed by atoms with Crippen LogP contribution in [0.4, 0.5) is 0 Å². The molecule has 0 amide bonds. The maximum atomic E-state index is 13.0. The van der Waals surface area contributed by atoms with E-state index in [2.05, 4.69) is 93.7 Å². The standard InChI is InChI=1S/C72H127O11P/c1-4-7-10-13-16-19-22-25-28-31-34-37-40-43-46-49-52-55-58-61-70(74)79-65-69(83-72(76)63-60-57-54-51-48-45-42-39-36-33-30-27-24-21-18-15-12-9-6-3)67-81-84(77,78)80-66-68(64-73)82-71(75)62-59-56-53-50-47-44-41-38-35-32-29-26-23-20-17-14-11-8-5-2/h7,10,16,19,25,27-28,30,34,37,43,46,52,55,68-69,73H,4-6,8-9,11-15,17-18,20-24,26,29,31-33,35-36,38-42,44-45,47-51,53-54,56-67H2,1-3H3,(H,77,78)/b10-7-,19-16-,28-25-,30-27-,37-34-,46-43-,55-52-. The van der Waals surface area contributed by atoms with Crippen LogP contribution in [-0.2, 0) is 42.2 Å². The van der Waals surface area contributed by atoms with Gasteiger partial charge >= 0.3 is 25.7 Å². The molecule has 486 valence electrons. The Morgan fingerprint density at radius 1 is 0.345 bits per heavy atom. The first-order valence-electron chi connectivity index (χ1n) is 34.5. The summed E-state index contributed by atoms with van der Waals surface area (Å²) in [5, 5.41) is 9.88. The first-order valence-corrected chi connectivity index (χ1v) is 36.0. The first-order chi connectivity index (χ1) is 41.2. The molecule has 0 rings (SSSR count). The van der Waals surface area contributed by atoms with Gasteiger partial charge in [-0.25, -0.2) is 4.57 Å². The molecular formula is C72H127O11P. The number of aliphatic hydroxyl groups excluding tert-OH is 1. The van der Waals surface area contributed by atoms with Gasteiger partial charge in [0.1, 0.15) is 12.7 Å². The van der Waals surface area contributed by atoms with Crippen LogP contribution in [-0.4, -0.2) is 66.5 Å². The minimum atomic E-state index is -4.77. The highest BCUT2D eigenvalue weighted by atomic mass is 31.2. The molecule has 0 bridgehead atoms. The summed E-state index contributed by atoms with van der Waals surface area (Å²) >= 11 is 0. The molecule has 0 aliphatic heterocycles. The molecule has 0 spiro atoms. The van der Waals surface area contributed by atoms with Gasteiger partial charge in [0.25, 0.3) is 0 Å². The molecule has 0 radical (unpaired) electrons. The molecule has 0 aromatic rings. The van der Waals surface area contributed by atoms with E-state index in [-0.39, 0.29) is 25.9 Å². The van der Waals surface area contributed by atoms with E-state index in [4.69, 9.17) is 23.3 Å². The molecular weight excluding hydrogens is 1070 g/mol. The number of phosphoric acid groups is 1. The van der Waals surface area contributed by atoms with Crippen molar-refractivity contribution in [3.05, 3.63) is 85.1 Å². The predicted octanol–water partition coefficient (Wildman–Crippen LogP) is 21.4. The molecule has 0 saturated heterocycles. The van der Waals surface area contributed by atoms with Gasteiger partial charge in [0.2, 0.25) is 0 Å². The summed E-state index contributed by atoms with van der Waals surface area (Å²) < 4.78 is 39.7. The van der Waals surface area contributed by atoms with Gasteiger partial charge in [-0.15, -0.1) is 0 Å². The van der Waals surface area contributed by atoms with Gasteiger partial charge in [-0.1, -0.05) is 298 Å². The predicted molar refractivity (Wildman–Crippen MR) is 353 cm³/mol. The number of phosphoric ester groups is 1. The lowest BCUT2D eigenvalue weighted by atomic mass is 10.0. The Bertz CT molecular complexity index is 1730. The van der Waals surface area contributed by atoms with Crippen LogP contribution in [0.1, 0.15) is 316 Å². The Labute approximate surface area is 515 Å². The van der Waals surface area contributed by atoms with Crippen molar-refractivity contribution >= 4 is 25.7 Å². The van der Waals surface area contributed by atoms with Gasteiger partial charge < -0.3 is 24.2 Å². The van der Waals surface area contributed by atoms with Gasteiger partial charge in [0.05, 0.1) is 19.8 Å². The van der Waals surface area contributed by atoms with Crippen molar-refractivity contribution in [2.45, 2.75) is 328 Å². The van der Waals surface area contributed by atoms with Crippen LogP contribution in [0.25, 0.3) is 0 Å². The highest BCUT2D eigenvalue weighted by Gasteiger charge is 2.28. The summed E-state index contributed by atoms with van der Waals surface area (Å²) in [7, 11) is -4.77. The van der Waals surface area contributed by atoms with E-state index < -0.39 is 57.8 Å². The zero-order valence-electron chi connectivity index (χ0n) is 54.1. The summed E-state index contributed by atoms with van der Waals surface area (Å²) in [6, 6.07) is 0. The van der Waals surface area contributed by atoms with Crippen LogP contribution in [0.5, 0.6) is 0 Å². The summed E-state index contributed by atoms with van der Waals surface area (Å²) in [5.41, 5.74) is 0. The molecule has 11 nitrogen and oxygen atoms in total. The van der Waals surface area contributed by atoms with Crippen molar-refractivity contribution in [3.63, 3.8) is 0 Å². The molecule has 0 heterocycles. The maximum absolute atomic E-state index is 13.0. The van der Waals surface area contributed by atoms with Gasteiger partial charge in [-0.3, -0.25) is 23.4 Å². The summed E-state index contributed by atoms with van der Waals surface area (Å²) in [6.07, 6.45) is 78.4. The zero-order chi connectivity index (χ0) is 61.2. The summed E-state index contributed by atoms with van der Waals surface area (Å²) in [5.74, 6) is -1.55. The molecule has 0 aromatic carbocycles. The number of esters is 3. The largest absolute Gasteiger partial charge is 0.472 e. The van der Waals surface area contributed by atoms with Crippen LogP contribution in [0.3, 0.4) is 0 Å². The van der Waals surface area contributed by atoms with E-state index in [1.54, 1.807) is 0 Å². The van der Waals surface area contributed by atoms with Crippen molar-refractivity contribution < 1.29 is 52.2 Å². The van der Waals surface area contributed by atoms with E-state index >= 15 is 0 Å². The lowest BCUT2D eigenvalue weighted by Gasteiger charge is -2.21. The molecule has 84 heavy (non-hydrogen) atoms. The van der Waals surface area contributed by atoms with Crippen molar-refractivity contribution in [2.24, 2.45) is 0 Å². The van der Waals surface area contributed by atoms with Crippen molar-refractivity contribution in [1.29, 1.82) is 0 Å². The van der Waals surface area contributed by atoms with Crippen LogP contribution in [0.2, 0.25) is 0 Å². The van der Waals surface area contributed by atoms with Gasteiger partial charge in [0.15, 0.2) is 6.10 Å². The van der Waals surface area contributed by atoms with Crippen molar-refractivity contribution in [3.8, 4) is 0 Å². The quantitative estimate of drug-likeness (QED) is 0.0197. The van der Waals surface area contributed by atoms with E-state index in [0.29, 0.717) is 19.3 Å². The van der Waals surface area contributed by atoms with E-state index in [0.717, 1.165) is 77.0 Å². The van der Waals surface area contributed by atoms with E-state index in [1.807, 2.05) is 12.2 Å². The number of rotatable bonds is 64. The van der Waals surface area contributed by atoms with Crippen molar-refractivity contribution in [1.82, 2.24) is 0 Å². The molecule has 3 atom stereocenters. The van der Waals surface area contributed by atoms with Gasteiger partial charge in [-0.2, -0.15) is 0 Å². The number of ether oxygens (including phenoxy) is 3. The Balaban J connectivity index is 4.74. The summed E-state index contributed by atoms with van der Waals surface area (Å²) in [6.45, 7) is 4.51. The Kier molecular flexibility index (Phi) is 63.0. The number of carbonyl (C=O) groups excluding carboxylic acids is 3. The number of hydrogen-bond acceptors (Lipinski definition) is 10. The second-order valence-corrected chi connectivity index (χ2v) is 24.4. The van der Waals surface area contributed by atoms with Crippen LogP contribution >= 0.6 is 7.82 Å². The fourth-order valence-electron chi connectivity index (χ4n) is 9.62. The normalized spacial score (nSPS) is 13.7. The monoisotopic (exact) mass is 1200 g/mol. The third kappa shape index (κ3) is 63.2. The molecule has 0 aliphatic carbocycles. The minimum Gasteiger partial charge on any atom is -0.462 e. The smallest absolute Gasteiger partial charge is 0.462 e. The number of allylic oxidation sites excluding steroid dienone is 14. The second kappa shape index (κ2) is 65.6. The van der Waals surface area contributed by atoms with Crippen LogP contribution < -0.4 is 0 Å². The highest BCUT2D eigenvalue weighted by Crippen LogP contribution is 2.43. The fourth-order valence-corrected chi connectivity index (χ4v) is 10.4. The minimum absolute atomic E-state index is 0.100. The Morgan fingerprint density at radius 2 is 0.643 bits per heavy atom. The molecule has 0 fully saturated rings. The third-order valence-electron chi connectivity index (χ3n) is 14.8. The topological polar surface area (TPSA) is 155 Å². The number of hydrogen-bond donors (Lipinski definition) is 2. The SMILES string of the molecule is CC/C=C\C/C=C\C/C=C\C/C=C\C/C=C\C/C=C\CCC(=O)OCC(COP(=O)(O)OCC(CO)OC(=O)CCCCCCCCCCCCCCCCCCCCC)OC(=O)CCCCCCCCCCC/C=C\CCCCCCCC. The van der Waals surface area contributed by atoms with Crippen molar-refractivity contribution in [2.75, 3.05) is 26.4 Å². The maximum Gasteiger partial charge on any atom is 0.472 e. The molecule has 2 N–H and O–H groups in total. The lowest BCUT2D eigenvalue weighted by Crippen LogP contribution is -2.30. The van der Waals surface area contributed by atoms with Gasteiger partial charge in [0, 0.05) is 19.3 Å². The zero-order valence-corrected chi connectivity index (χ0v) is 55.0. The Hall–Kier alpha value is -3.34. The number of aliphatic hydroxyl groups is 1. The third-order valence-corrected chi connectivity index (χ3v) is 15.8. The average Bonchev–Trinajstić information content (AvgIpc) is 3.55. The number of unbranched alkanes of at least 4 members (excludes halogenated alkanes) is 33. The number of carbonyl (C=O) groups is 3. The van der Waals surface area contributed by atoms with E-state index in [1.165, 1.54) is 180 Å². The molecule has 0 aliphatic rings. The molecule has 0 saturated carbocycles. The molecule has 12 heteroatoms. The summed E-state index contributed by atoms with van der Waals surface area (Å²) in [4.78, 5) is 48.8. The molecule has 3 unspecified atom stereocenters. The van der Waals surface area contributed by atoms with Gasteiger partial charge in [-0.05, 0) is 83.5 Å². The fraction of sp³-hybridized carbons (Fsp3) is 0.764.